The Morgan fingerprint density at radius 2 is 1.83 bits per heavy atom. The van der Waals surface area contributed by atoms with Gasteiger partial charge in [0.2, 0.25) is 5.91 Å². The molecule has 2 atom stereocenters. The van der Waals surface area contributed by atoms with Crippen LogP contribution in [0.2, 0.25) is 0 Å². The first-order valence-corrected chi connectivity index (χ1v) is 12.6. The molecule has 1 N–H and O–H groups in total. The van der Waals surface area contributed by atoms with Crippen LogP contribution in [0.25, 0.3) is 0 Å². The van der Waals surface area contributed by atoms with Crippen molar-refractivity contribution in [3.05, 3.63) is 59.4 Å². The van der Waals surface area contributed by atoms with Gasteiger partial charge < -0.3 is 15.1 Å². The highest BCUT2D eigenvalue weighted by Crippen LogP contribution is 2.41. The van der Waals surface area contributed by atoms with Gasteiger partial charge >= 0.3 is 11.8 Å². The Balaban J connectivity index is 1.56. The summed E-state index contributed by atoms with van der Waals surface area (Å²) in [5.41, 5.74) is 3.18. The molecule has 3 heterocycles. The molecule has 2 aliphatic rings. The summed E-state index contributed by atoms with van der Waals surface area (Å²) in [6, 6.07) is 10.3. The van der Waals surface area contributed by atoms with Gasteiger partial charge in [0.1, 0.15) is 0 Å². The van der Waals surface area contributed by atoms with E-state index in [9.17, 15) is 14.4 Å². The summed E-state index contributed by atoms with van der Waals surface area (Å²) in [4.78, 5) is 45.9. The van der Waals surface area contributed by atoms with Gasteiger partial charge in [-0.3, -0.25) is 19.4 Å². The van der Waals surface area contributed by atoms with Crippen molar-refractivity contribution in [3.63, 3.8) is 0 Å². The van der Waals surface area contributed by atoms with Crippen molar-refractivity contribution in [1.29, 1.82) is 0 Å². The second-order valence-corrected chi connectivity index (χ2v) is 10.4. The molecule has 7 heteroatoms. The van der Waals surface area contributed by atoms with E-state index in [1.807, 2.05) is 11.8 Å². The minimum atomic E-state index is -0.634. The molecule has 4 rings (SSSR count). The van der Waals surface area contributed by atoms with Crippen molar-refractivity contribution in [2.24, 2.45) is 5.92 Å². The number of aryl methyl sites for hydroxylation is 1. The average Bonchev–Trinajstić information content (AvgIpc) is 2.85. The lowest BCUT2D eigenvalue weighted by atomic mass is 9.77. The first-order chi connectivity index (χ1) is 16.7. The summed E-state index contributed by atoms with van der Waals surface area (Å²) < 4.78 is 0. The van der Waals surface area contributed by atoms with Crippen LogP contribution in [0, 0.1) is 12.8 Å². The number of nitrogens with zero attached hydrogens (tertiary/aromatic N) is 3. The molecule has 35 heavy (non-hydrogen) atoms. The SMILES string of the molecule is CC(=O)N1CCC(c2cccc([C@]3(C)CC[C@H](C)CN3C(=O)C(=O)Nc3cncc(C)c3)c2)CC1. The Bertz CT molecular complexity index is 1110. The fourth-order valence-electron chi connectivity index (χ4n) is 5.46. The number of rotatable bonds is 3. The second kappa shape index (κ2) is 10.2. The maximum atomic E-state index is 13.5. The van der Waals surface area contributed by atoms with E-state index in [1.54, 1.807) is 30.3 Å². The van der Waals surface area contributed by atoms with E-state index in [2.05, 4.69) is 48.4 Å². The van der Waals surface area contributed by atoms with Gasteiger partial charge in [0.25, 0.3) is 0 Å². The van der Waals surface area contributed by atoms with Gasteiger partial charge in [0.15, 0.2) is 0 Å². The summed E-state index contributed by atoms with van der Waals surface area (Å²) in [7, 11) is 0. The lowest BCUT2D eigenvalue weighted by molar-refractivity contribution is -0.150. The number of aromatic nitrogens is 1. The quantitative estimate of drug-likeness (QED) is 0.672. The largest absolute Gasteiger partial charge is 0.343 e. The molecule has 7 nitrogen and oxygen atoms in total. The van der Waals surface area contributed by atoms with Gasteiger partial charge in [0, 0.05) is 32.8 Å². The average molecular weight is 477 g/mol. The molecule has 0 spiro atoms. The van der Waals surface area contributed by atoms with E-state index >= 15 is 0 Å². The number of piperidine rings is 2. The topological polar surface area (TPSA) is 82.6 Å². The highest BCUT2D eigenvalue weighted by molar-refractivity contribution is 6.39. The zero-order valence-electron chi connectivity index (χ0n) is 21.2. The summed E-state index contributed by atoms with van der Waals surface area (Å²) in [6.07, 6.45) is 6.92. The molecule has 2 aromatic rings. The van der Waals surface area contributed by atoms with Gasteiger partial charge in [-0.05, 0) is 74.1 Å². The molecule has 1 aromatic heterocycles. The predicted molar refractivity (Wildman–Crippen MR) is 136 cm³/mol. The Hall–Kier alpha value is -3.22. The monoisotopic (exact) mass is 476 g/mol. The number of benzene rings is 1. The van der Waals surface area contributed by atoms with Crippen molar-refractivity contribution in [3.8, 4) is 0 Å². The van der Waals surface area contributed by atoms with Crippen LogP contribution in [0.3, 0.4) is 0 Å². The maximum absolute atomic E-state index is 13.5. The van der Waals surface area contributed by atoms with E-state index in [0.717, 1.165) is 49.9 Å². The van der Waals surface area contributed by atoms with Crippen LogP contribution >= 0.6 is 0 Å². The summed E-state index contributed by atoms with van der Waals surface area (Å²) in [5.74, 6) is -0.307. The van der Waals surface area contributed by atoms with E-state index in [1.165, 1.54) is 5.56 Å². The van der Waals surface area contributed by atoms with Crippen LogP contribution < -0.4 is 5.32 Å². The lowest BCUT2D eigenvalue weighted by Gasteiger charge is -2.47. The third-order valence-corrected chi connectivity index (χ3v) is 7.71. The minimum Gasteiger partial charge on any atom is -0.343 e. The molecule has 0 aliphatic carbocycles. The smallest absolute Gasteiger partial charge is 0.313 e. The number of amides is 3. The first kappa shape index (κ1) is 24.9. The Labute approximate surface area is 207 Å². The van der Waals surface area contributed by atoms with Crippen molar-refractivity contribution in [2.75, 3.05) is 25.0 Å². The normalized spacial score (nSPS) is 23.1. The Kier molecular flexibility index (Phi) is 7.24. The standard InChI is InChI=1S/C28H36N4O3/c1-19-8-11-28(4,32(18-19)27(35)26(34)30-25-14-20(2)16-29-17-25)24-7-5-6-23(15-24)22-9-12-31(13-10-22)21(3)33/h5-7,14-17,19,22H,8-13,18H2,1-4H3,(H,30,34)/t19-,28-/m0/s1. The van der Waals surface area contributed by atoms with Crippen LogP contribution in [-0.4, -0.2) is 52.1 Å². The number of hydrogen-bond acceptors (Lipinski definition) is 4. The third-order valence-electron chi connectivity index (χ3n) is 7.71. The molecule has 0 unspecified atom stereocenters. The van der Waals surface area contributed by atoms with Crippen molar-refractivity contribution >= 4 is 23.4 Å². The highest BCUT2D eigenvalue weighted by Gasteiger charge is 2.43. The van der Waals surface area contributed by atoms with Gasteiger partial charge in [-0.1, -0.05) is 31.2 Å². The van der Waals surface area contributed by atoms with Gasteiger partial charge in [0.05, 0.1) is 17.4 Å². The number of nitrogens with one attached hydrogen (secondary N) is 1. The zero-order valence-corrected chi connectivity index (χ0v) is 21.2. The summed E-state index contributed by atoms with van der Waals surface area (Å²) in [6.45, 7) is 9.82. The predicted octanol–water partition coefficient (Wildman–Crippen LogP) is 4.23. The van der Waals surface area contributed by atoms with Crippen molar-refractivity contribution in [1.82, 2.24) is 14.8 Å². The number of likely N-dealkylation sites (tertiary alicyclic amines) is 2. The number of anilines is 1. The van der Waals surface area contributed by atoms with E-state index in [4.69, 9.17) is 0 Å². The molecule has 1 aromatic carbocycles. The molecule has 2 aliphatic heterocycles. The third kappa shape index (κ3) is 5.39. The summed E-state index contributed by atoms with van der Waals surface area (Å²) >= 11 is 0. The lowest BCUT2D eigenvalue weighted by Crippen LogP contribution is -2.55. The maximum Gasteiger partial charge on any atom is 0.313 e. The number of carbonyl (C=O) groups is 3. The first-order valence-electron chi connectivity index (χ1n) is 12.6. The Morgan fingerprint density at radius 1 is 1.09 bits per heavy atom. The van der Waals surface area contributed by atoms with Gasteiger partial charge in [-0.2, -0.15) is 0 Å². The van der Waals surface area contributed by atoms with Crippen LogP contribution in [-0.2, 0) is 19.9 Å². The Morgan fingerprint density at radius 3 is 2.51 bits per heavy atom. The van der Waals surface area contributed by atoms with Gasteiger partial charge in [-0.15, -0.1) is 0 Å². The molecule has 186 valence electrons. The zero-order chi connectivity index (χ0) is 25.2. The highest BCUT2D eigenvalue weighted by atomic mass is 16.2. The number of pyridine rings is 1. The van der Waals surface area contributed by atoms with Crippen LogP contribution in [0.15, 0.2) is 42.7 Å². The van der Waals surface area contributed by atoms with Crippen LogP contribution in [0.1, 0.15) is 69.1 Å². The van der Waals surface area contributed by atoms with Crippen molar-refractivity contribution < 1.29 is 14.4 Å². The van der Waals surface area contributed by atoms with Crippen LogP contribution in [0.4, 0.5) is 5.69 Å². The second-order valence-electron chi connectivity index (χ2n) is 10.4. The fourth-order valence-corrected chi connectivity index (χ4v) is 5.46. The number of carbonyl (C=O) groups excluding carboxylic acids is 3. The van der Waals surface area contributed by atoms with E-state index < -0.39 is 17.4 Å². The fraction of sp³-hybridized carbons (Fsp3) is 0.500. The molecule has 3 amide bonds. The molecular formula is C28H36N4O3. The molecule has 2 fully saturated rings. The number of hydrogen-bond donors (Lipinski definition) is 1. The minimum absolute atomic E-state index is 0.134. The van der Waals surface area contributed by atoms with Gasteiger partial charge in [-0.25, -0.2) is 0 Å². The summed E-state index contributed by atoms with van der Waals surface area (Å²) in [5, 5.41) is 2.74. The molecule has 2 saturated heterocycles. The molecule has 0 saturated carbocycles. The van der Waals surface area contributed by atoms with Crippen molar-refractivity contribution in [2.45, 2.75) is 64.8 Å². The molecule has 0 bridgehead atoms. The van der Waals surface area contributed by atoms with E-state index in [0.29, 0.717) is 24.1 Å². The molecular weight excluding hydrogens is 440 g/mol. The molecule has 0 radical (unpaired) electrons. The van der Waals surface area contributed by atoms with Crippen LogP contribution in [0.5, 0.6) is 0 Å². The van der Waals surface area contributed by atoms with E-state index in [-0.39, 0.29) is 5.91 Å².